The van der Waals surface area contributed by atoms with Crippen LogP contribution >= 0.6 is 0 Å². The molecule has 7 heteroatoms. The highest BCUT2D eigenvalue weighted by Gasteiger charge is 2.24. The van der Waals surface area contributed by atoms with Crippen LogP contribution in [0.2, 0.25) is 0 Å². The molecule has 23 heavy (non-hydrogen) atoms. The third kappa shape index (κ3) is 3.18. The molecule has 2 aromatic rings. The Balaban J connectivity index is 1.75. The lowest BCUT2D eigenvalue weighted by atomic mass is 10.1. The number of rotatable bonds is 4. The fraction of sp³-hybridized carbons (Fsp3) is 0.312. The molecule has 1 aromatic carbocycles. The molecule has 0 saturated carbocycles. The number of nitrogens with zero attached hydrogens (tertiary/aromatic N) is 2. The Labute approximate surface area is 133 Å². The number of hydrogen-bond acceptors (Lipinski definition) is 4. The van der Waals surface area contributed by atoms with E-state index in [0.717, 1.165) is 5.69 Å². The predicted molar refractivity (Wildman–Crippen MR) is 85.8 cm³/mol. The van der Waals surface area contributed by atoms with Crippen LogP contribution in [-0.2, 0) is 4.74 Å². The zero-order chi connectivity index (χ0) is 16.4. The molecule has 1 saturated heterocycles. The molecular formula is C16H18N4O3. The molecular weight excluding hydrogens is 296 g/mol. The summed E-state index contributed by atoms with van der Waals surface area (Å²) in [6.45, 7) is 4.93. The van der Waals surface area contributed by atoms with E-state index in [9.17, 15) is 9.59 Å². The normalized spacial score (nSPS) is 14.2. The van der Waals surface area contributed by atoms with E-state index in [1.165, 1.54) is 4.90 Å². The maximum absolute atomic E-state index is 12.3. The van der Waals surface area contributed by atoms with Gasteiger partial charge in [-0.05, 0) is 24.1 Å². The standard InChI is InChI=1S/C16H18N4O3/c1-10(2)13-9-14(19-18-13)17-15(21)11-4-3-5-12(8-11)20-6-7-23-16(20)22/h3-5,8-10H,6-7H2,1-2H3,(H2,17,18,19,21). The van der Waals surface area contributed by atoms with Gasteiger partial charge in [0.25, 0.3) is 5.91 Å². The maximum Gasteiger partial charge on any atom is 0.414 e. The van der Waals surface area contributed by atoms with Gasteiger partial charge in [-0.1, -0.05) is 19.9 Å². The minimum Gasteiger partial charge on any atom is -0.447 e. The summed E-state index contributed by atoms with van der Waals surface area (Å²) in [5, 5.41) is 9.71. The first kappa shape index (κ1) is 15.1. The molecule has 0 atom stereocenters. The van der Waals surface area contributed by atoms with Gasteiger partial charge < -0.3 is 10.1 Å². The molecule has 0 unspecified atom stereocenters. The molecule has 7 nitrogen and oxygen atoms in total. The first-order valence-electron chi connectivity index (χ1n) is 7.45. The molecule has 2 heterocycles. The summed E-state index contributed by atoms with van der Waals surface area (Å²) in [5.41, 5.74) is 2.05. The molecule has 1 aliphatic heterocycles. The second-order valence-electron chi connectivity index (χ2n) is 5.63. The molecule has 0 spiro atoms. The summed E-state index contributed by atoms with van der Waals surface area (Å²) in [6, 6.07) is 8.67. The maximum atomic E-state index is 12.3. The summed E-state index contributed by atoms with van der Waals surface area (Å²) < 4.78 is 4.91. The van der Waals surface area contributed by atoms with Gasteiger partial charge in [0, 0.05) is 23.0 Å². The zero-order valence-corrected chi connectivity index (χ0v) is 13.0. The van der Waals surface area contributed by atoms with E-state index in [2.05, 4.69) is 15.5 Å². The molecule has 2 N–H and O–H groups in total. The number of anilines is 2. The summed E-state index contributed by atoms with van der Waals surface area (Å²) in [6.07, 6.45) is -0.392. The third-order valence-corrected chi connectivity index (χ3v) is 3.64. The van der Waals surface area contributed by atoms with E-state index in [4.69, 9.17) is 4.74 Å². The van der Waals surface area contributed by atoms with Gasteiger partial charge in [-0.25, -0.2) is 4.79 Å². The topological polar surface area (TPSA) is 87.3 Å². The smallest absolute Gasteiger partial charge is 0.414 e. The van der Waals surface area contributed by atoms with Crippen molar-refractivity contribution in [3.05, 3.63) is 41.6 Å². The fourth-order valence-electron chi connectivity index (χ4n) is 2.33. The molecule has 1 aliphatic rings. The Morgan fingerprint density at radius 1 is 1.39 bits per heavy atom. The quantitative estimate of drug-likeness (QED) is 0.908. The van der Waals surface area contributed by atoms with Crippen LogP contribution in [-0.4, -0.2) is 35.3 Å². The predicted octanol–water partition coefficient (Wildman–Crippen LogP) is 2.74. The largest absolute Gasteiger partial charge is 0.447 e. The van der Waals surface area contributed by atoms with Gasteiger partial charge in [0.05, 0.1) is 6.54 Å². The molecule has 0 radical (unpaired) electrons. The van der Waals surface area contributed by atoms with Crippen molar-refractivity contribution in [1.29, 1.82) is 0 Å². The lowest BCUT2D eigenvalue weighted by molar-refractivity contribution is 0.102. The first-order chi connectivity index (χ1) is 11.0. The first-order valence-corrected chi connectivity index (χ1v) is 7.45. The van der Waals surface area contributed by atoms with E-state index >= 15 is 0 Å². The van der Waals surface area contributed by atoms with Crippen molar-refractivity contribution in [3.8, 4) is 0 Å². The van der Waals surface area contributed by atoms with Crippen LogP contribution < -0.4 is 10.2 Å². The van der Waals surface area contributed by atoms with Gasteiger partial charge in [0.1, 0.15) is 6.61 Å². The average Bonchev–Trinajstić information content (AvgIpc) is 3.16. The Kier molecular flexibility index (Phi) is 4.01. The number of H-pyrrole nitrogens is 1. The van der Waals surface area contributed by atoms with Gasteiger partial charge >= 0.3 is 6.09 Å². The number of aromatic nitrogens is 2. The van der Waals surface area contributed by atoms with E-state index in [1.807, 2.05) is 19.9 Å². The SMILES string of the molecule is CC(C)c1cc(NC(=O)c2cccc(N3CCOC3=O)c2)n[nH]1. The number of benzene rings is 1. The highest BCUT2D eigenvalue weighted by atomic mass is 16.6. The second-order valence-corrected chi connectivity index (χ2v) is 5.63. The molecule has 1 aromatic heterocycles. The van der Waals surface area contributed by atoms with Crippen molar-refractivity contribution >= 4 is 23.5 Å². The van der Waals surface area contributed by atoms with Crippen LogP contribution in [0.1, 0.15) is 35.8 Å². The van der Waals surface area contributed by atoms with Gasteiger partial charge in [-0.3, -0.25) is 14.8 Å². The van der Waals surface area contributed by atoms with Crippen molar-refractivity contribution in [2.45, 2.75) is 19.8 Å². The van der Waals surface area contributed by atoms with Crippen LogP contribution in [0.25, 0.3) is 0 Å². The molecule has 0 bridgehead atoms. The van der Waals surface area contributed by atoms with E-state index in [-0.39, 0.29) is 5.91 Å². The number of amides is 2. The van der Waals surface area contributed by atoms with Crippen LogP contribution in [0.15, 0.2) is 30.3 Å². The van der Waals surface area contributed by atoms with Crippen molar-refractivity contribution in [3.63, 3.8) is 0 Å². The van der Waals surface area contributed by atoms with E-state index < -0.39 is 6.09 Å². The Hall–Kier alpha value is -2.83. The monoisotopic (exact) mass is 314 g/mol. The van der Waals surface area contributed by atoms with Crippen LogP contribution in [0, 0.1) is 0 Å². The van der Waals surface area contributed by atoms with Crippen LogP contribution in [0.5, 0.6) is 0 Å². The van der Waals surface area contributed by atoms with Crippen LogP contribution in [0.3, 0.4) is 0 Å². The number of cyclic esters (lactones) is 1. The minimum absolute atomic E-state index is 0.277. The van der Waals surface area contributed by atoms with Crippen LogP contribution in [0.4, 0.5) is 16.3 Å². The van der Waals surface area contributed by atoms with E-state index in [1.54, 1.807) is 24.3 Å². The Morgan fingerprint density at radius 2 is 2.22 bits per heavy atom. The van der Waals surface area contributed by atoms with Crippen molar-refractivity contribution in [1.82, 2.24) is 10.2 Å². The summed E-state index contributed by atoms with van der Waals surface area (Å²) in [4.78, 5) is 25.4. The second kappa shape index (κ2) is 6.12. The highest BCUT2D eigenvalue weighted by molar-refractivity contribution is 6.05. The Morgan fingerprint density at radius 3 is 2.87 bits per heavy atom. The summed E-state index contributed by atoms with van der Waals surface area (Å²) in [7, 11) is 0. The number of aromatic amines is 1. The minimum atomic E-state index is -0.392. The van der Waals surface area contributed by atoms with Gasteiger partial charge in [-0.2, -0.15) is 5.10 Å². The van der Waals surface area contributed by atoms with Crippen molar-refractivity contribution in [2.24, 2.45) is 0 Å². The number of carbonyl (C=O) groups excluding carboxylic acids is 2. The number of nitrogens with one attached hydrogen (secondary N) is 2. The molecule has 120 valence electrons. The lowest BCUT2D eigenvalue weighted by Crippen LogP contribution is -2.23. The number of carbonyl (C=O) groups is 2. The summed E-state index contributed by atoms with van der Waals surface area (Å²) in [5.74, 6) is 0.503. The van der Waals surface area contributed by atoms with Gasteiger partial charge in [0.15, 0.2) is 5.82 Å². The highest BCUT2D eigenvalue weighted by Crippen LogP contribution is 2.21. The fourth-order valence-corrected chi connectivity index (χ4v) is 2.33. The van der Waals surface area contributed by atoms with E-state index in [0.29, 0.717) is 36.1 Å². The zero-order valence-electron chi connectivity index (χ0n) is 13.0. The molecule has 0 aliphatic carbocycles. The molecule has 2 amide bonds. The number of ether oxygens (including phenoxy) is 1. The molecule has 1 fully saturated rings. The van der Waals surface area contributed by atoms with Gasteiger partial charge in [-0.15, -0.1) is 0 Å². The number of hydrogen-bond donors (Lipinski definition) is 2. The van der Waals surface area contributed by atoms with Crippen molar-refractivity contribution in [2.75, 3.05) is 23.4 Å². The molecule has 3 rings (SSSR count). The average molecular weight is 314 g/mol. The summed E-state index contributed by atoms with van der Waals surface area (Å²) >= 11 is 0. The third-order valence-electron chi connectivity index (χ3n) is 3.64. The van der Waals surface area contributed by atoms with Gasteiger partial charge in [0.2, 0.25) is 0 Å². The lowest BCUT2D eigenvalue weighted by Gasteiger charge is -2.13. The Bertz CT molecular complexity index is 738. The van der Waals surface area contributed by atoms with Crippen molar-refractivity contribution < 1.29 is 14.3 Å².